The molecule has 0 saturated heterocycles. The quantitative estimate of drug-likeness (QED) is 0.552. The third-order valence-corrected chi connectivity index (χ3v) is 2.70. The highest BCUT2D eigenvalue weighted by Gasteiger charge is 2.27. The third kappa shape index (κ3) is 2.96. The fourth-order valence-electron chi connectivity index (χ4n) is 1.59. The Balaban J connectivity index is 2.17. The van der Waals surface area contributed by atoms with Crippen molar-refractivity contribution in [1.29, 1.82) is 0 Å². The summed E-state index contributed by atoms with van der Waals surface area (Å²) in [4.78, 5) is 1.30. The number of hydrogen-bond acceptors (Lipinski definition) is 6. The molecule has 0 saturated carbocycles. The largest absolute Gasteiger partial charge is 0.394 e. The number of hydrogen-bond donors (Lipinski definition) is 4. The zero-order valence-electron chi connectivity index (χ0n) is 10.0. The number of benzene rings is 1. The van der Waals surface area contributed by atoms with Gasteiger partial charge in [0.1, 0.15) is 24.0 Å². The summed E-state index contributed by atoms with van der Waals surface area (Å²) in [5, 5.41) is 45.4. The molecule has 1 aromatic heterocycles. The maximum Gasteiger partial charge on any atom is 0.128 e. The van der Waals surface area contributed by atoms with Crippen molar-refractivity contribution >= 4 is 0 Å². The molecule has 2 aromatic rings. The van der Waals surface area contributed by atoms with E-state index in [4.69, 9.17) is 5.11 Å². The lowest BCUT2D eigenvalue weighted by Gasteiger charge is -2.19. The van der Waals surface area contributed by atoms with Crippen LogP contribution in [-0.4, -0.2) is 54.2 Å². The van der Waals surface area contributed by atoms with E-state index in [9.17, 15) is 15.3 Å². The van der Waals surface area contributed by atoms with Crippen LogP contribution in [0.15, 0.2) is 36.5 Å². The van der Waals surface area contributed by atoms with Crippen molar-refractivity contribution in [3.8, 4) is 5.69 Å². The van der Waals surface area contributed by atoms with Crippen molar-refractivity contribution in [2.45, 2.75) is 18.3 Å². The van der Waals surface area contributed by atoms with Crippen LogP contribution in [0.5, 0.6) is 0 Å². The van der Waals surface area contributed by atoms with Crippen LogP contribution in [0.3, 0.4) is 0 Å². The monoisotopic (exact) mass is 265 g/mol. The molecule has 0 radical (unpaired) electrons. The first kappa shape index (κ1) is 13.6. The van der Waals surface area contributed by atoms with Crippen LogP contribution >= 0.6 is 0 Å². The molecule has 7 heteroatoms. The summed E-state index contributed by atoms with van der Waals surface area (Å²) in [5.74, 6) is 0. The highest BCUT2D eigenvalue weighted by molar-refractivity contribution is 5.28. The van der Waals surface area contributed by atoms with E-state index in [2.05, 4.69) is 10.2 Å². The first-order valence-corrected chi connectivity index (χ1v) is 5.76. The van der Waals surface area contributed by atoms with E-state index in [1.807, 2.05) is 18.2 Å². The Morgan fingerprint density at radius 1 is 1.11 bits per heavy atom. The molecule has 4 N–H and O–H groups in total. The van der Waals surface area contributed by atoms with Gasteiger partial charge in [-0.15, -0.1) is 0 Å². The summed E-state index contributed by atoms with van der Waals surface area (Å²) in [5.41, 5.74) is 0.821. The number of aliphatic hydroxyl groups excluding tert-OH is 4. The minimum absolute atomic E-state index is 0.115. The molecule has 2 rings (SSSR count). The molecule has 0 aliphatic rings. The van der Waals surface area contributed by atoms with E-state index >= 15 is 0 Å². The smallest absolute Gasteiger partial charge is 0.128 e. The van der Waals surface area contributed by atoms with E-state index in [1.165, 1.54) is 11.0 Å². The van der Waals surface area contributed by atoms with Crippen LogP contribution in [0, 0.1) is 0 Å². The maximum absolute atomic E-state index is 9.81. The molecule has 0 unspecified atom stereocenters. The SMILES string of the molecule is OC[C@@H](O)[C@H](O)[C@@H](O)c1cnn(-c2ccccc2)n1. The molecule has 102 valence electrons. The number of nitrogens with zero attached hydrogens (tertiary/aromatic N) is 3. The Hall–Kier alpha value is -1.80. The topological polar surface area (TPSA) is 112 Å². The number of aliphatic hydroxyl groups is 4. The fourth-order valence-corrected chi connectivity index (χ4v) is 1.59. The van der Waals surface area contributed by atoms with Gasteiger partial charge in [-0.25, -0.2) is 0 Å². The Bertz CT molecular complexity index is 517. The van der Waals surface area contributed by atoms with Crippen LogP contribution in [-0.2, 0) is 0 Å². The van der Waals surface area contributed by atoms with Crippen molar-refractivity contribution in [1.82, 2.24) is 15.0 Å². The van der Waals surface area contributed by atoms with Gasteiger partial charge < -0.3 is 20.4 Å². The van der Waals surface area contributed by atoms with Crippen LogP contribution in [0.25, 0.3) is 5.69 Å². The van der Waals surface area contributed by atoms with Gasteiger partial charge in [0.25, 0.3) is 0 Å². The standard InChI is InChI=1S/C12H15N3O4/c16-7-10(17)12(19)11(18)9-6-13-15(14-9)8-4-2-1-3-5-8/h1-6,10-12,16-19H,7H2/t10-,11+,12+/m1/s1. The van der Waals surface area contributed by atoms with Crippen LogP contribution in [0.1, 0.15) is 11.8 Å². The predicted molar refractivity (Wildman–Crippen MR) is 65.4 cm³/mol. The summed E-state index contributed by atoms with van der Waals surface area (Å²) in [6, 6.07) is 9.06. The van der Waals surface area contributed by atoms with Gasteiger partial charge in [-0.1, -0.05) is 18.2 Å². The molecule has 0 aliphatic carbocycles. The van der Waals surface area contributed by atoms with Crippen molar-refractivity contribution < 1.29 is 20.4 Å². The van der Waals surface area contributed by atoms with Gasteiger partial charge in [0.15, 0.2) is 0 Å². The lowest BCUT2D eigenvalue weighted by molar-refractivity contribution is -0.0790. The van der Waals surface area contributed by atoms with E-state index < -0.39 is 24.9 Å². The summed E-state index contributed by atoms with van der Waals surface area (Å²) in [7, 11) is 0. The average molecular weight is 265 g/mol. The van der Waals surface area contributed by atoms with Gasteiger partial charge in [0.05, 0.1) is 18.5 Å². The second kappa shape index (κ2) is 5.89. The molecule has 0 fully saturated rings. The van der Waals surface area contributed by atoms with Gasteiger partial charge in [-0.3, -0.25) is 0 Å². The molecular formula is C12H15N3O4. The van der Waals surface area contributed by atoms with Crippen molar-refractivity contribution in [2.75, 3.05) is 6.61 Å². The first-order valence-electron chi connectivity index (χ1n) is 5.76. The number of rotatable bonds is 5. The fraction of sp³-hybridized carbons (Fsp3) is 0.333. The van der Waals surface area contributed by atoms with Crippen molar-refractivity contribution in [3.05, 3.63) is 42.2 Å². The lowest BCUT2D eigenvalue weighted by atomic mass is 10.1. The summed E-state index contributed by atoms with van der Waals surface area (Å²) in [6.45, 7) is -0.648. The highest BCUT2D eigenvalue weighted by Crippen LogP contribution is 2.17. The molecule has 19 heavy (non-hydrogen) atoms. The zero-order chi connectivity index (χ0) is 13.8. The summed E-state index contributed by atoms with van der Waals surface area (Å²) >= 11 is 0. The normalized spacial score (nSPS) is 16.0. The molecule has 0 aliphatic heterocycles. The zero-order valence-corrected chi connectivity index (χ0v) is 10.0. The van der Waals surface area contributed by atoms with Gasteiger partial charge in [0.2, 0.25) is 0 Å². The van der Waals surface area contributed by atoms with Crippen LogP contribution in [0.4, 0.5) is 0 Å². The predicted octanol–water partition coefficient (Wildman–Crippen LogP) is -0.985. The number of para-hydroxylation sites is 1. The van der Waals surface area contributed by atoms with Crippen LogP contribution < -0.4 is 0 Å². The average Bonchev–Trinajstić information content (AvgIpc) is 2.95. The van der Waals surface area contributed by atoms with E-state index in [1.54, 1.807) is 12.1 Å². The Morgan fingerprint density at radius 3 is 2.42 bits per heavy atom. The van der Waals surface area contributed by atoms with Gasteiger partial charge in [0, 0.05) is 0 Å². The molecule has 7 nitrogen and oxygen atoms in total. The second-order valence-corrected chi connectivity index (χ2v) is 4.08. The van der Waals surface area contributed by atoms with E-state index in [-0.39, 0.29) is 5.69 Å². The van der Waals surface area contributed by atoms with E-state index in [0.29, 0.717) is 5.69 Å². The Labute approximate surface area is 109 Å². The van der Waals surface area contributed by atoms with Crippen LogP contribution in [0.2, 0.25) is 0 Å². The molecule has 0 amide bonds. The molecule has 0 spiro atoms. The lowest BCUT2D eigenvalue weighted by Crippen LogP contribution is -2.34. The molecule has 1 heterocycles. The first-order chi connectivity index (χ1) is 9.13. The molecule has 3 atom stereocenters. The highest BCUT2D eigenvalue weighted by atomic mass is 16.4. The molecule has 1 aromatic carbocycles. The minimum Gasteiger partial charge on any atom is -0.394 e. The van der Waals surface area contributed by atoms with Gasteiger partial charge in [-0.05, 0) is 12.1 Å². The van der Waals surface area contributed by atoms with Crippen molar-refractivity contribution in [3.63, 3.8) is 0 Å². The minimum atomic E-state index is -1.52. The summed E-state index contributed by atoms with van der Waals surface area (Å²) in [6.07, 6.45) is -3.08. The summed E-state index contributed by atoms with van der Waals surface area (Å²) < 4.78 is 0. The Morgan fingerprint density at radius 2 is 1.79 bits per heavy atom. The molecule has 0 bridgehead atoms. The second-order valence-electron chi connectivity index (χ2n) is 4.08. The van der Waals surface area contributed by atoms with Gasteiger partial charge >= 0.3 is 0 Å². The molecular weight excluding hydrogens is 250 g/mol. The third-order valence-electron chi connectivity index (χ3n) is 2.70. The number of aromatic nitrogens is 3. The van der Waals surface area contributed by atoms with Crippen molar-refractivity contribution in [2.24, 2.45) is 0 Å². The maximum atomic E-state index is 9.81. The Kier molecular flexibility index (Phi) is 4.23. The van der Waals surface area contributed by atoms with Gasteiger partial charge in [-0.2, -0.15) is 15.0 Å². The van der Waals surface area contributed by atoms with E-state index in [0.717, 1.165) is 0 Å².